The van der Waals surface area contributed by atoms with Crippen LogP contribution in [0.2, 0.25) is 0 Å². The van der Waals surface area contributed by atoms with Crippen molar-refractivity contribution in [2.24, 2.45) is 29.6 Å². The minimum absolute atomic E-state index is 0. The van der Waals surface area contributed by atoms with Crippen LogP contribution in [0.15, 0.2) is 0 Å². The summed E-state index contributed by atoms with van der Waals surface area (Å²) in [6.45, 7) is 6.00. The average Bonchev–Trinajstić information content (AvgIpc) is 2.65. The van der Waals surface area contributed by atoms with Crippen molar-refractivity contribution in [3.05, 3.63) is 0 Å². The van der Waals surface area contributed by atoms with Crippen LogP contribution in [-0.4, -0.2) is 51.7 Å². The molecule has 8 heteroatoms. The highest BCUT2D eigenvalue weighted by atomic mass is 16.5. The van der Waals surface area contributed by atoms with Crippen LogP contribution >= 0.6 is 0 Å². The molecule has 0 spiro atoms. The Morgan fingerprint density at radius 1 is 1.16 bits per heavy atom. The molecule has 182 valence electrons. The minimum atomic E-state index is -1.33. The van der Waals surface area contributed by atoms with Crippen LogP contribution in [-0.2, 0) is 14.3 Å². The number of hydrogen-bond acceptors (Lipinski definition) is 7. The first-order chi connectivity index (χ1) is 14.1. The lowest BCUT2D eigenvalue weighted by Crippen LogP contribution is -2.49. The summed E-state index contributed by atoms with van der Waals surface area (Å²) in [5.74, 6) is -0.599. The standard InChI is InChI=1S/C23H40O7.H3N/c1-4-13(2)23(29)30-20-11-17(25)9-15-6-5-14(3)19(22(15)20)8-7-16(24)10-18(26)12-21(27)28;/h13-20,22,24-26H,4-12H2,1-3H3,(H,27,28);1H3/t13-,14-,15?,16+,17-,18+,19-,20-,22-;/m0./s1. The van der Waals surface area contributed by atoms with E-state index in [9.17, 15) is 30.0 Å². The van der Waals surface area contributed by atoms with Crippen molar-refractivity contribution < 1.29 is 34.8 Å². The van der Waals surface area contributed by atoms with Gasteiger partial charge in [0.15, 0.2) is 0 Å². The van der Waals surface area contributed by atoms with Crippen LogP contribution in [0.5, 0.6) is 0 Å². The fraction of sp³-hybridized carbons (Fsp3) is 0.913. The summed E-state index contributed by atoms with van der Waals surface area (Å²) in [5.41, 5.74) is 0. The topological polar surface area (TPSA) is 164 Å². The number of carboxylic acid groups (broad SMARTS) is 1. The monoisotopic (exact) mass is 445 g/mol. The van der Waals surface area contributed by atoms with Crippen LogP contribution < -0.4 is 11.3 Å². The molecule has 2 saturated carbocycles. The molecule has 0 aromatic heterocycles. The molecule has 0 bridgehead atoms. The van der Waals surface area contributed by atoms with Crippen molar-refractivity contribution in [3.8, 4) is 0 Å². The zero-order valence-corrected chi connectivity index (χ0v) is 19.5. The van der Waals surface area contributed by atoms with Gasteiger partial charge in [-0.15, -0.1) is 0 Å². The number of ether oxygens (including phenoxy) is 1. The summed E-state index contributed by atoms with van der Waals surface area (Å²) in [7, 11) is 0. The zero-order chi connectivity index (χ0) is 22.4. The van der Waals surface area contributed by atoms with Crippen LogP contribution in [0, 0.1) is 29.6 Å². The van der Waals surface area contributed by atoms with Crippen LogP contribution in [0.3, 0.4) is 0 Å². The highest BCUT2D eigenvalue weighted by Crippen LogP contribution is 2.49. The molecule has 0 radical (unpaired) electrons. The molecule has 8 nitrogen and oxygen atoms in total. The zero-order valence-electron chi connectivity index (χ0n) is 19.5. The molecule has 9 atom stereocenters. The summed E-state index contributed by atoms with van der Waals surface area (Å²) < 4.78 is 5.90. The number of quaternary nitrogens is 1. The van der Waals surface area contributed by atoms with E-state index in [4.69, 9.17) is 4.74 Å². The van der Waals surface area contributed by atoms with E-state index < -0.39 is 30.7 Å². The van der Waals surface area contributed by atoms with E-state index in [1.165, 1.54) is 0 Å². The van der Waals surface area contributed by atoms with Crippen LogP contribution in [0.25, 0.3) is 0 Å². The number of carbonyl (C=O) groups is 2. The summed E-state index contributed by atoms with van der Waals surface area (Å²) in [4.78, 5) is 23.1. The predicted octanol–water partition coefficient (Wildman–Crippen LogP) is 1.79. The molecule has 0 heterocycles. The van der Waals surface area contributed by atoms with E-state index in [0.29, 0.717) is 31.1 Å². The molecule has 31 heavy (non-hydrogen) atoms. The number of rotatable bonds is 10. The van der Waals surface area contributed by atoms with Crippen molar-refractivity contribution in [1.29, 1.82) is 0 Å². The molecule has 0 aliphatic heterocycles. The summed E-state index contributed by atoms with van der Waals surface area (Å²) in [6, 6.07) is 0. The van der Waals surface area contributed by atoms with Crippen molar-refractivity contribution in [1.82, 2.24) is 6.15 Å². The van der Waals surface area contributed by atoms with Gasteiger partial charge in [-0.25, -0.2) is 0 Å². The van der Waals surface area contributed by atoms with E-state index >= 15 is 0 Å². The SMILES string of the molecule is CC[C@H](C)C(=O)O[C@H]1C[C@@H](O)CC2CC[C@H](C)[C@H](CC[C@@H](O)C[C@@H](O)CC(=O)[O-])[C@H]21.[NH4+]. The predicted molar refractivity (Wildman–Crippen MR) is 115 cm³/mol. The number of esters is 1. The molecule has 2 fully saturated rings. The fourth-order valence-electron chi connectivity index (χ4n) is 5.47. The van der Waals surface area contributed by atoms with Crippen LogP contribution in [0.4, 0.5) is 0 Å². The largest absolute Gasteiger partial charge is 0.550 e. The van der Waals surface area contributed by atoms with Gasteiger partial charge in [-0.05, 0) is 56.3 Å². The number of hydrogen-bond donors (Lipinski definition) is 4. The molecule has 2 aliphatic rings. The van der Waals surface area contributed by atoms with Gasteiger partial charge in [0.1, 0.15) is 6.10 Å². The Bertz CT molecular complexity index is 572. The van der Waals surface area contributed by atoms with E-state index in [2.05, 4.69) is 6.92 Å². The molecular formula is C23H43NO7. The number of aliphatic hydroxyl groups excluding tert-OH is 3. The molecule has 0 aromatic rings. The highest BCUT2D eigenvalue weighted by molar-refractivity contribution is 5.72. The van der Waals surface area contributed by atoms with Gasteiger partial charge in [0.2, 0.25) is 0 Å². The lowest BCUT2D eigenvalue weighted by Gasteiger charge is -2.49. The van der Waals surface area contributed by atoms with Gasteiger partial charge in [0.25, 0.3) is 0 Å². The number of carboxylic acids is 1. The maximum atomic E-state index is 12.5. The second kappa shape index (κ2) is 12.7. The Kier molecular flexibility index (Phi) is 11.4. The van der Waals surface area contributed by atoms with E-state index in [1.807, 2.05) is 13.8 Å². The summed E-state index contributed by atoms with van der Waals surface area (Å²) in [5, 5.41) is 41.0. The van der Waals surface area contributed by atoms with Gasteiger partial charge >= 0.3 is 5.97 Å². The average molecular weight is 446 g/mol. The van der Waals surface area contributed by atoms with E-state index in [0.717, 1.165) is 25.7 Å². The fourth-order valence-corrected chi connectivity index (χ4v) is 5.47. The maximum Gasteiger partial charge on any atom is 0.308 e. The Morgan fingerprint density at radius 3 is 2.45 bits per heavy atom. The highest BCUT2D eigenvalue weighted by Gasteiger charge is 2.47. The molecule has 0 amide bonds. The third-order valence-corrected chi connectivity index (χ3v) is 7.33. The summed E-state index contributed by atoms with van der Waals surface area (Å²) >= 11 is 0. The molecule has 1 unspecified atom stereocenters. The van der Waals surface area contributed by atoms with Gasteiger partial charge in [-0.2, -0.15) is 0 Å². The molecule has 2 rings (SSSR count). The lowest BCUT2D eigenvalue weighted by molar-refractivity contribution is -0.307. The summed E-state index contributed by atoms with van der Waals surface area (Å²) in [6.07, 6.45) is 1.96. The van der Waals surface area contributed by atoms with Crippen molar-refractivity contribution in [2.75, 3.05) is 0 Å². The van der Waals surface area contributed by atoms with Gasteiger partial charge < -0.3 is 36.1 Å². The molecule has 0 aromatic carbocycles. The quantitative estimate of drug-likeness (QED) is 0.372. The van der Waals surface area contributed by atoms with Crippen molar-refractivity contribution in [3.63, 3.8) is 0 Å². The van der Waals surface area contributed by atoms with E-state index in [1.54, 1.807) is 0 Å². The first-order valence-electron chi connectivity index (χ1n) is 11.6. The smallest absolute Gasteiger partial charge is 0.308 e. The van der Waals surface area contributed by atoms with Crippen molar-refractivity contribution in [2.45, 2.75) is 103 Å². The number of aliphatic hydroxyl groups is 3. The Morgan fingerprint density at radius 2 is 1.84 bits per heavy atom. The number of fused-ring (bicyclic) bond motifs is 1. The van der Waals surface area contributed by atoms with Crippen molar-refractivity contribution >= 4 is 11.9 Å². The Balaban J connectivity index is 0.00000480. The Labute approximate surface area is 186 Å². The second-order valence-electron chi connectivity index (χ2n) is 9.66. The van der Waals surface area contributed by atoms with Gasteiger partial charge in [-0.1, -0.05) is 27.2 Å². The maximum absolute atomic E-state index is 12.5. The minimum Gasteiger partial charge on any atom is -0.550 e. The molecule has 0 saturated heterocycles. The lowest BCUT2D eigenvalue weighted by atomic mass is 9.59. The van der Waals surface area contributed by atoms with Crippen LogP contribution in [0.1, 0.15) is 78.6 Å². The van der Waals surface area contributed by atoms with Gasteiger partial charge in [0.05, 0.1) is 24.2 Å². The molecule has 7 N–H and O–H groups in total. The Hall–Kier alpha value is -1.22. The number of aliphatic carboxylic acids is 1. The third-order valence-electron chi connectivity index (χ3n) is 7.33. The van der Waals surface area contributed by atoms with Gasteiger partial charge in [-0.3, -0.25) is 4.79 Å². The number of carbonyl (C=O) groups excluding carboxylic acids is 2. The molecular weight excluding hydrogens is 402 g/mol. The van der Waals surface area contributed by atoms with E-state index in [-0.39, 0.29) is 42.4 Å². The first-order valence-corrected chi connectivity index (χ1v) is 11.6. The second-order valence-corrected chi connectivity index (χ2v) is 9.66. The molecule has 2 aliphatic carbocycles. The third kappa shape index (κ3) is 8.00. The van der Waals surface area contributed by atoms with Gasteiger partial charge in [0, 0.05) is 24.7 Å². The normalized spacial score (nSPS) is 33.4. The first kappa shape index (κ1) is 27.8.